The largest absolute Gasteiger partial charge is 0.342 e. The SMILES string of the molecule is CN(C(=O)CNCc1cc(Br)cs1)C1CC1. The lowest BCUT2D eigenvalue weighted by atomic mass is 10.4. The number of hydrogen-bond donors (Lipinski definition) is 1. The summed E-state index contributed by atoms with van der Waals surface area (Å²) < 4.78 is 1.11. The van der Waals surface area contributed by atoms with Gasteiger partial charge in [0.25, 0.3) is 0 Å². The van der Waals surface area contributed by atoms with Crippen molar-refractivity contribution in [3.05, 3.63) is 20.8 Å². The molecular weight excluding hydrogens is 288 g/mol. The quantitative estimate of drug-likeness (QED) is 0.904. The maximum absolute atomic E-state index is 11.7. The van der Waals surface area contributed by atoms with Crippen molar-refractivity contribution in [1.29, 1.82) is 0 Å². The Balaban J connectivity index is 1.69. The first-order chi connectivity index (χ1) is 7.66. The predicted molar refractivity (Wildman–Crippen MR) is 69.5 cm³/mol. The van der Waals surface area contributed by atoms with E-state index in [4.69, 9.17) is 0 Å². The fourth-order valence-electron chi connectivity index (χ4n) is 1.53. The van der Waals surface area contributed by atoms with Crippen LogP contribution in [-0.4, -0.2) is 30.4 Å². The number of halogens is 1. The number of amides is 1. The van der Waals surface area contributed by atoms with Crippen LogP contribution in [0.15, 0.2) is 15.9 Å². The molecule has 0 aliphatic heterocycles. The van der Waals surface area contributed by atoms with E-state index in [0.29, 0.717) is 12.6 Å². The van der Waals surface area contributed by atoms with Gasteiger partial charge in [0.1, 0.15) is 0 Å². The summed E-state index contributed by atoms with van der Waals surface area (Å²) in [7, 11) is 1.89. The first-order valence-electron chi connectivity index (χ1n) is 5.36. The van der Waals surface area contributed by atoms with Crippen LogP contribution in [0, 0.1) is 0 Å². The van der Waals surface area contributed by atoms with Gasteiger partial charge in [0, 0.05) is 34.4 Å². The lowest BCUT2D eigenvalue weighted by Gasteiger charge is -2.16. The Morgan fingerprint density at radius 1 is 1.69 bits per heavy atom. The monoisotopic (exact) mass is 302 g/mol. The Labute approximate surface area is 108 Å². The number of thiophene rings is 1. The number of nitrogens with zero attached hydrogens (tertiary/aromatic N) is 1. The van der Waals surface area contributed by atoms with Gasteiger partial charge in [0.15, 0.2) is 0 Å². The van der Waals surface area contributed by atoms with Crippen LogP contribution in [0.1, 0.15) is 17.7 Å². The van der Waals surface area contributed by atoms with E-state index in [1.165, 1.54) is 17.7 Å². The molecule has 1 saturated carbocycles. The van der Waals surface area contributed by atoms with Gasteiger partial charge in [-0.3, -0.25) is 4.79 Å². The number of carbonyl (C=O) groups is 1. The van der Waals surface area contributed by atoms with Crippen molar-refractivity contribution in [1.82, 2.24) is 10.2 Å². The zero-order valence-electron chi connectivity index (χ0n) is 9.20. The average molecular weight is 303 g/mol. The third-order valence-corrected chi connectivity index (χ3v) is 4.38. The molecule has 0 atom stereocenters. The van der Waals surface area contributed by atoms with E-state index in [0.717, 1.165) is 11.0 Å². The predicted octanol–water partition coefficient (Wildman–Crippen LogP) is 2.22. The van der Waals surface area contributed by atoms with Crippen LogP contribution in [0.4, 0.5) is 0 Å². The van der Waals surface area contributed by atoms with Crippen LogP contribution in [0.2, 0.25) is 0 Å². The van der Waals surface area contributed by atoms with Crippen molar-refractivity contribution in [3.8, 4) is 0 Å². The molecule has 0 radical (unpaired) electrons. The molecule has 88 valence electrons. The van der Waals surface area contributed by atoms with Crippen molar-refractivity contribution < 1.29 is 4.79 Å². The van der Waals surface area contributed by atoms with Gasteiger partial charge < -0.3 is 10.2 Å². The zero-order valence-corrected chi connectivity index (χ0v) is 11.6. The summed E-state index contributed by atoms with van der Waals surface area (Å²) in [4.78, 5) is 14.8. The summed E-state index contributed by atoms with van der Waals surface area (Å²) in [6.07, 6.45) is 2.33. The van der Waals surface area contributed by atoms with Gasteiger partial charge >= 0.3 is 0 Å². The topological polar surface area (TPSA) is 32.3 Å². The minimum Gasteiger partial charge on any atom is -0.342 e. The second-order valence-electron chi connectivity index (χ2n) is 4.07. The minimum atomic E-state index is 0.193. The summed E-state index contributed by atoms with van der Waals surface area (Å²) in [6, 6.07) is 2.58. The molecule has 16 heavy (non-hydrogen) atoms. The number of nitrogens with one attached hydrogen (secondary N) is 1. The molecule has 0 spiro atoms. The highest BCUT2D eigenvalue weighted by Crippen LogP contribution is 2.25. The van der Waals surface area contributed by atoms with Gasteiger partial charge in [-0.15, -0.1) is 11.3 Å². The molecular formula is C11H15BrN2OS. The molecule has 1 fully saturated rings. The molecule has 3 nitrogen and oxygen atoms in total. The Morgan fingerprint density at radius 2 is 2.44 bits per heavy atom. The third-order valence-electron chi connectivity index (χ3n) is 2.69. The van der Waals surface area contributed by atoms with E-state index in [9.17, 15) is 4.79 Å². The molecule has 1 amide bonds. The van der Waals surface area contributed by atoms with Crippen LogP contribution in [0.25, 0.3) is 0 Å². The van der Waals surface area contributed by atoms with Gasteiger partial charge in [-0.05, 0) is 34.8 Å². The number of carbonyl (C=O) groups excluding carboxylic acids is 1. The number of hydrogen-bond acceptors (Lipinski definition) is 3. The maximum Gasteiger partial charge on any atom is 0.236 e. The van der Waals surface area contributed by atoms with Gasteiger partial charge in [-0.1, -0.05) is 0 Å². The average Bonchev–Trinajstić information content (AvgIpc) is 3.02. The molecule has 2 rings (SSSR count). The van der Waals surface area contributed by atoms with Crippen LogP contribution in [0.3, 0.4) is 0 Å². The van der Waals surface area contributed by atoms with Crippen molar-refractivity contribution >= 4 is 33.2 Å². The molecule has 0 bridgehead atoms. The highest BCUT2D eigenvalue weighted by atomic mass is 79.9. The normalized spacial score (nSPS) is 15.1. The highest BCUT2D eigenvalue weighted by molar-refractivity contribution is 9.10. The van der Waals surface area contributed by atoms with Gasteiger partial charge in [-0.25, -0.2) is 0 Å². The lowest BCUT2D eigenvalue weighted by Crippen LogP contribution is -2.36. The van der Waals surface area contributed by atoms with Crippen molar-refractivity contribution in [2.24, 2.45) is 0 Å². The molecule has 0 aromatic carbocycles. The molecule has 1 aliphatic rings. The second kappa shape index (κ2) is 5.29. The van der Waals surface area contributed by atoms with E-state index in [-0.39, 0.29) is 5.91 Å². The standard InChI is InChI=1S/C11H15BrN2OS/c1-14(9-2-3-9)11(15)6-13-5-10-4-8(12)7-16-10/h4,7,9,13H,2-3,5-6H2,1H3. The Kier molecular flexibility index (Phi) is 4.00. The van der Waals surface area contributed by atoms with E-state index in [1.807, 2.05) is 11.9 Å². The fourth-order valence-corrected chi connectivity index (χ4v) is 2.95. The van der Waals surface area contributed by atoms with Crippen molar-refractivity contribution in [2.45, 2.75) is 25.4 Å². The van der Waals surface area contributed by atoms with E-state index >= 15 is 0 Å². The lowest BCUT2D eigenvalue weighted by molar-refractivity contribution is -0.129. The van der Waals surface area contributed by atoms with Crippen LogP contribution < -0.4 is 5.32 Å². The molecule has 0 unspecified atom stereocenters. The van der Waals surface area contributed by atoms with Gasteiger partial charge in [-0.2, -0.15) is 0 Å². The summed E-state index contributed by atoms with van der Waals surface area (Å²) in [5.74, 6) is 0.193. The molecule has 1 aromatic heterocycles. The smallest absolute Gasteiger partial charge is 0.236 e. The van der Waals surface area contributed by atoms with Crippen LogP contribution in [-0.2, 0) is 11.3 Å². The summed E-state index contributed by atoms with van der Waals surface area (Å²) in [5, 5.41) is 5.23. The van der Waals surface area contributed by atoms with Crippen molar-refractivity contribution in [3.63, 3.8) is 0 Å². The van der Waals surface area contributed by atoms with E-state index < -0.39 is 0 Å². The summed E-state index contributed by atoms with van der Waals surface area (Å²) in [5.41, 5.74) is 0. The fraction of sp³-hybridized carbons (Fsp3) is 0.545. The zero-order chi connectivity index (χ0) is 11.5. The Hall–Kier alpha value is -0.390. The summed E-state index contributed by atoms with van der Waals surface area (Å²) in [6.45, 7) is 1.20. The van der Waals surface area contributed by atoms with Crippen molar-refractivity contribution in [2.75, 3.05) is 13.6 Å². The number of rotatable bonds is 5. The van der Waals surface area contributed by atoms with Crippen LogP contribution in [0.5, 0.6) is 0 Å². The first-order valence-corrected chi connectivity index (χ1v) is 7.03. The second-order valence-corrected chi connectivity index (χ2v) is 5.98. The molecule has 0 saturated heterocycles. The van der Waals surface area contributed by atoms with E-state index in [2.05, 4.69) is 32.7 Å². The maximum atomic E-state index is 11.7. The molecule has 1 aliphatic carbocycles. The third kappa shape index (κ3) is 3.30. The van der Waals surface area contributed by atoms with Crippen LogP contribution >= 0.6 is 27.3 Å². The molecule has 5 heteroatoms. The minimum absolute atomic E-state index is 0.193. The van der Waals surface area contributed by atoms with Gasteiger partial charge in [0.05, 0.1) is 6.54 Å². The molecule has 1 heterocycles. The molecule has 1 N–H and O–H groups in total. The number of likely N-dealkylation sites (N-methyl/N-ethyl adjacent to an activating group) is 1. The van der Waals surface area contributed by atoms with Gasteiger partial charge in [0.2, 0.25) is 5.91 Å². The van der Waals surface area contributed by atoms with E-state index in [1.54, 1.807) is 11.3 Å². The summed E-state index contributed by atoms with van der Waals surface area (Å²) >= 11 is 5.10. The molecule has 1 aromatic rings. The highest BCUT2D eigenvalue weighted by Gasteiger charge is 2.28. The first kappa shape index (κ1) is 12.1. The Bertz CT molecular complexity index is 376. The Morgan fingerprint density at radius 3 is 3.00 bits per heavy atom.